The molecule has 0 atom stereocenters. The summed E-state index contributed by atoms with van der Waals surface area (Å²) >= 11 is 11.6. The zero-order valence-corrected chi connectivity index (χ0v) is 14.2. The smallest absolute Gasteiger partial charge is 0.262 e. The lowest BCUT2D eigenvalue weighted by molar-refractivity contribution is 0.341. The first-order chi connectivity index (χ1) is 9.07. The summed E-state index contributed by atoms with van der Waals surface area (Å²) in [4.78, 5) is -0.334. The van der Waals surface area contributed by atoms with Gasteiger partial charge in [0.25, 0.3) is 9.05 Å². The Morgan fingerprint density at radius 2 is 1.70 bits per heavy atom. The third-order valence-corrected chi connectivity index (χ3v) is 6.09. The molecule has 1 rings (SSSR count). The molecule has 0 saturated carbocycles. The summed E-state index contributed by atoms with van der Waals surface area (Å²) in [7, 11) is -2.00. The minimum absolute atomic E-state index is 0.00821. The summed E-state index contributed by atoms with van der Waals surface area (Å²) < 4.78 is 50.2. The van der Waals surface area contributed by atoms with Crippen LogP contribution < -0.4 is 4.74 Å². The van der Waals surface area contributed by atoms with E-state index in [4.69, 9.17) is 38.6 Å². The van der Waals surface area contributed by atoms with Crippen molar-refractivity contribution in [2.24, 2.45) is 0 Å². The average molecular weight is 382 g/mol. The van der Waals surface area contributed by atoms with Crippen LogP contribution >= 0.6 is 33.9 Å². The lowest BCUT2D eigenvalue weighted by atomic mass is 10.3. The van der Waals surface area contributed by atoms with Crippen LogP contribution in [0.5, 0.6) is 5.75 Å². The van der Waals surface area contributed by atoms with Crippen molar-refractivity contribution in [3.63, 3.8) is 0 Å². The Balaban J connectivity index is 2.92. The van der Waals surface area contributed by atoms with Gasteiger partial charge in [-0.1, -0.05) is 30.1 Å². The lowest BCUT2D eigenvalue weighted by Gasteiger charge is -2.10. The van der Waals surface area contributed by atoms with E-state index in [1.165, 1.54) is 13.0 Å². The first-order valence-electron chi connectivity index (χ1n) is 5.34. The van der Waals surface area contributed by atoms with Gasteiger partial charge in [0.15, 0.2) is 9.84 Å². The molecule has 1 aromatic rings. The highest BCUT2D eigenvalue weighted by molar-refractivity contribution is 8.13. The van der Waals surface area contributed by atoms with Gasteiger partial charge in [-0.3, -0.25) is 0 Å². The molecular weight excluding hydrogens is 371 g/mol. The van der Waals surface area contributed by atoms with Crippen LogP contribution in [0.1, 0.15) is 6.92 Å². The van der Waals surface area contributed by atoms with Gasteiger partial charge in [0, 0.05) is 22.5 Å². The van der Waals surface area contributed by atoms with Gasteiger partial charge in [-0.15, -0.1) is 0 Å². The fourth-order valence-electron chi connectivity index (χ4n) is 1.23. The fourth-order valence-corrected chi connectivity index (χ4v) is 3.65. The first-order valence-corrected chi connectivity index (χ1v) is 10.2. The molecule has 20 heavy (non-hydrogen) atoms. The van der Waals surface area contributed by atoms with E-state index < -0.39 is 18.9 Å². The Kier molecular flexibility index (Phi) is 5.98. The quantitative estimate of drug-likeness (QED) is 0.708. The van der Waals surface area contributed by atoms with E-state index in [0.29, 0.717) is 0 Å². The minimum Gasteiger partial charge on any atom is -0.491 e. The van der Waals surface area contributed by atoms with Gasteiger partial charge in [0.05, 0.1) is 15.8 Å². The van der Waals surface area contributed by atoms with E-state index in [0.717, 1.165) is 6.07 Å². The molecule has 114 valence electrons. The number of hydrogen-bond donors (Lipinski definition) is 0. The van der Waals surface area contributed by atoms with Gasteiger partial charge >= 0.3 is 0 Å². The number of rotatable bonds is 6. The van der Waals surface area contributed by atoms with Gasteiger partial charge in [-0.2, -0.15) is 0 Å². The topological polar surface area (TPSA) is 77.5 Å². The zero-order valence-electron chi connectivity index (χ0n) is 10.3. The predicted octanol–water partition coefficient (Wildman–Crippen LogP) is 2.73. The highest BCUT2D eigenvalue weighted by atomic mass is 35.7. The summed E-state index contributed by atoms with van der Waals surface area (Å²) in [5.41, 5.74) is 0. The third kappa shape index (κ3) is 4.96. The maximum Gasteiger partial charge on any atom is 0.262 e. The van der Waals surface area contributed by atoms with Crippen LogP contribution in [0.4, 0.5) is 0 Å². The molecule has 0 aliphatic heterocycles. The molecular formula is C10H11Cl3O5S2. The number of hydrogen-bond acceptors (Lipinski definition) is 5. The highest BCUT2D eigenvalue weighted by Gasteiger charge is 2.18. The molecule has 0 amide bonds. The lowest BCUT2D eigenvalue weighted by Crippen LogP contribution is -2.15. The maximum atomic E-state index is 11.3. The third-order valence-electron chi connectivity index (χ3n) is 2.34. The minimum atomic E-state index is -4.02. The Hall–Kier alpha value is -0.210. The van der Waals surface area contributed by atoms with E-state index >= 15 is 0 Å². The van der Waals surface area contributed by atoms with Crippen molar-refractivity contribution in [1.29, 1.82) is 0 Å². The van der Waals surface area contributed by atoms with E-state index in [9.17, 15) is 16.8 Å². The second kappa shape index (κ2) is 6.70. The predicted molar refractivity (Wildman–Crippen MR) is 79.3 cm³/mol. The Bertz CT molecular complexity index is 698. The largest absolute Gasteiger partial charge is 0.491 e. The second-order valence-corrected chi connectivity index (χ2v) is 9.56. The summed E-state index contributed by atoms with van der Waals surface area (Å²) in [6, 6.07) is 2.23. The summed E-state index contributed by atoms with van der Waals surface area (Å²) in [6.07, 6.45) is 0. The average Bonchev–Trinajstić information content (AvgIpc) is 2.31. The molecule has 0 spiro atoms. The molecule has 0 unspecified atom stereocenters. The molecule has 0 saturated heterocycles. The number of halogens is 3. The molecule has 0 fully saturated rings. The summed E-state index contributed by atoms with van der Waals surface area (Å²) in [6.45, 7) is 1.42. The Morgan fingerprint density at radius 1 is 1.10 bits per heavy atom. The maximum absolute atomic E-state index is 11.3. The molecule has 0 N–H and O–H groups in total. The summed E-state index contributed by atoms with van der Waals surface area (Å²) in [5.74, 6) is -0.0755. The van der Waals surface area contributed by atoms with Gasteiger partial charge in [0.2, 0.25) is 0 Å². The van der Waals surface area contributed by atoms with Crippen LogP contribution in [-0.4, -0.2) is 34.9 Å². The molecule has 0 aromatic heterocycles. The molecule has 0 aliphatic rings. The van der Waals surface area contributed by atoms with Crippen LogP contribution in [0.3, 0.4) is 0 Å². The molecule has 0 bridgehead atoms. The van der Waals surface area contributed by atoms with E-state index in [-0.39, 0.29) is 38.8 Å². The van der Waals surface area contributed by atoms with Crippen LogP contribution in [0, 0.1) is 0 Å². The normalized spacial score (nSPS) is 12.4. The van der Waals surface area contributed by atoms with Crippen LogP contribution in [-0.2, 0) is 18.9 Å². The van der Waals surface area contributed by atoms with Gasteiger partial charge in [-0.05, 0) is 6.07 Å². The first kappa shape index (κ1) is 17.8. The van der Waals surface area contributed by atoms with Crippen molar-refractivity contribution in [2.45, 2.75) is 11.8 Å². The van der Waals surface area contributed by atoms with Crippen molar-refractivity contribution in [3.05, 3.63) is 22.2 Å². The van der Waals surface area contributed by atoms with Crippen LogP contribution in [0.2, 0.25) is 10.0 Å². The van der Waals surface area contributed by atoms with Crippen molar-refractivity contribution < 1.29 is 21.6 Å². The zero-order chi connectivity index (χ0) is 15.6. The number of ether oxygens (including phenoxy) is 1. The molecule has 1 aromatic carbocycles. The van der Waals surface area contributed by atoms with E-state index in [1.807, 2.05) is 0 Å². The van der Waals surface area contributed by atoms with Crippen molar-refractivity contribution in [3.8, 4) is 5.75 Å². The molecule has 5 nitrogen and oxygen atoms in total. The SMILES string of the molecule is CCS(=O)(=O)CCOc1cc(Cl)c(S(=O)(=O)Cl)cc1Cl. The van der Waals surface area contributed by atoms with Crippen molar-refractivity contribution in [2.75, 3.05) is 18.1 Å². The van der Waals surface area contributed by atoms with Crippen molar-refractivity contribution >= 4 is 52.8 Å². The monoisotopic (exact) mass is 380 g/mol. The summed E-state index contributed by atoms with van der Waals surface area (Å²) in [5, 5.41) is -0.180. The standard InChI is InChI=1S/C10H11Cl3O5S2/c1-2-19(14,15)4-3-18-9-5-8(12)10(6-7(9)11)20(13,16)17/h5-6H,2-4H2,1H3. The Labute approximate surface area is 132 Å². The molecule has 10 heteroatoms. The van der Waals surface area contributed by atoms with Crippen LogP contribution in [0.25, 0.3) is 0 Å². The van der Waals surface area contributed by atoms with Crippen molar-refractivity contribution in [1.82, 2.24) is 0 Å². The van der Waals surface area contributed by atoms with Gasteiger partial charge in [0.1, 0.15) is 17.3 Å². The number of sulfone groups is 1. The van der Waals surface area contributed by atoms with Gasteiger partial charge < -0.3 is 4.74 Å². The fraction of sp³-hybridized carbons (Fsp3) is 0.400. The number of benzene rings is 1. The second-order valence-electron chi connectivity index (χ2n) is 3.74. The van der Waals surface area contributed by atoms with E-state index in [2.05, 4.69) is 0 Å². The molecule has 0 radical (unpaired) electrons. The molecule has 0 aliphatic carbocycles. The van der Waals surface area contributed by atoms with E-state index in [1.54, 1.807) is 0 Å². The van der Waals surface area contributed by atoms with Crippen LogP contribution in [0.15, 0.2) is 17.0 Å². The van der Waals surface area contributed by atoms with Gasteiger partial charge in [-0.25, -0.2) is 16.8 Å². The molecule has 0 heterocycles. The Morgan fingerprint density at radius 3 is 2.20 bits per heavy atom. The highest BCUT2D eigenvalue weighted by Crippen LogP contribution is 2.34.